The molecule has 1 aromatic heterocycles. The molecule has 1 N–H and O–H groups in total. The third-order valence-electron chi connectivity index (χ3n) is 4.12. The largest absolute Gasteiger partial charge is 0.366 e. The first-order chi connectivity index (χ1) is 11.6. The van der Waals surface area contributed by atoms with Gasteiger partial charge in [-0.05, 0) is 42.8 Å². The fourth-order valence-electron chi connectivity index (χ4n) is 2.89. The van der Waals surface area contributed by atoms with Gasteiger partial charge in [0, 0.05) is 36.1 Å². The van der Waals surface area contributed by atoms with E-state index < -0.39 is 4.92 Å². The Morgan fingerprint density at radius 1 is 1.29 bits per heavy atom. The predicted octanol–water partition coefficient (Wildman–Crippen LogP) is 3.23. The molecule has 1 aromatic carbocycles. The van der Waals surface area contributed by atoms with Crippen LogP contribution in [0.25, 0.3) is 0 Å². The second-order valence-corrected chi connectivity index (χ2v) is 6.77. The van der Waals surface area contributed by atoms with E-state index in [4.69, 9.17) is 0 Å². The maximum atomic E-state index is 12.2. The zero-order valence-electron chi connectivity index (χ0n) is 13.2. The lowest BCUT2D eigenvalue weighted by Gasteiger charge is -2.17. The molecule has 6 nitrogen and oxygen atoms in total. The summed E-state index contributed by atoms with van der Waals surface area (Å²) >= 11 is 1.65. The van der Waals surface area contributed by atoms with Gasteiger partial charge in [0.15, 0.2) is 0 Å². The van der Waals surface area contributed by atoms with Crippen molar-refractivity contribution in [2.75, 3.05) is 24.5 Å². The van der Waals surface area contributed by atoms with Gasteiger partial charge in [-0.25, -0.2) is 0 Å². The lowest BCUT2D eigenvalue weighted by Crippen LogP contribution is -2.26. The van der Waals surface area contributed by atoms with Crippen molar-refractivity contribution in [3.8, 4) is 0 Å². The zero-order chi connectivity index (χ0) is 16.9. The van der Waals surface area contributed by atoms with Crippen LogP contribution in [0, 0.1) is 10.1 Å². The predicted molar refractivity (Wildman–Crippen MR) is 94.9 cm³/mol. The van der Waals surface area contributed by atoms with E-state index in [2.05, 4.69) is 5.32 Å². The lowest BCUT2D eigenvalue weighted by molar-refractivity contribution is -0.384. The van der Waals surface area contributed by atoms with E-state index in [1.54, 1.807) is 23.5 Å². The first-order valence-corrected chi connectivity index (χ1v) is 8.87. The van der Waals surface area contributed by atoms with Gasteiger partial charge in [-0.15, -0.1) is 11.3 Å². The first-order valence-electron chi connectivity index (χ1n) is 7.99. The van der Waals surface area contributed by atoms with Crippen LogP contribution in [0.3, 0.4) is 0 Å². The van der Waals surface area contributed by atoms with Crippen LogP contribution in [0.15, 0.2) is 35.7 Å². The Bertz CT molecular complexity index is 725. The van der Waals surface area contributed by atoms with Gasteiger partial charge in [0.1, 0.15) is 5.69 Å². The van der Waals surface area contributed by atoms with Gasteiger partial charge in [-0.2, -0.15) is 0 Å². The van der Waals surface area contributed by atoms with E-state index in [0.717, 1.165) is 32.4 Å². The van der Waals surface area contributed by atoms with Crippen molar-refractivity contribution in [2.45, 2.75) is 19.3 Å². The molecule has 126 valence electrons. The van der Waals surface area contributed by atoms with E-state index in [9.17, 15) is 14.9 Å². The highest BCUT2D eigenvalue weighted by Gasteiger charge is 2.23. The third-order valence-corrected chi connectivity index (χ3v) is 5.05. The SMILES string of the molecule is O=C(NCCc1cccs1)c1ccc(N2CCCC2)c([N+](=O)[O-])c1. The Balaban J connectivity index is 1.69. The monoisotopic (exact) mass is 345 g/mol. The first kappa shape index (κ1) is 16.4. The van der Waals surface area contributed by atoms with Gasteiger partial charge in [0.2, 0.25) is 0 Å². The molecule has 0 unspecified atom stereocenters. The van der Waals surface area contributed by atoms with Crippen LogP contribution in [0.2, 0.25) is 0 Å². The normalized spacial score (nSPS) is 13.9. The highest BCUT2D eigenvalue weighted by atomic mass is 32.1. The summed E-state index contributed by atoms with van der Waals surface area (Å²) in [7, 11) is 0. The summed E-state index contributed by atoms with van der Waals surface area (Å²) in [5.41, 5.74) is 0.936. The van der Waals surface area contributed by atoms with Crippen LogP contribution in [-0.4, -0.2) is 30.5 Å². The van der Waals surface area contributed by atoms with Crippen LogP contribution in [0.1, 0.15) is 28.1 Å². The maximum Gasteiger partial charge on any atom is 0.293 e. The number of nitrogens with one attached hydrogen (secondary N) is 1. The Hall–Kier alpha value is -2.41. The average Bonchev–Trinajstić information content (AvgIpc) is 3.28. The molecule has 24 heavy (non-hydrogen) atoms. The second-order valence-electron chi connectivity index (χ2n) is 5.74. The van der Waals surface area contributed by atoms with Crippen LogP contribution in [0.4, 0.5) is 11.4 Å². The molecule has 1 aliphatic rings. The van der Waals surface area contributed by atoms with Crippen LogP contribution >= 0.6 is 11.3 Å². The Morgan fingerprint density at radius 3 is 2.75 bits per heavy atom. The van der Waals surface area contributed by atoms with Crippen LogP contribution in [-0.2, 0) is 6.42 Å². The van der Waals surface area contributed by atoms with Crippen molar-refractivity contribution < 1.29 is 9.72 Å². The number of hydrogen-bond acceptors (Lipinski definition) is 5. The zero-order valence-corrected chi connectivity index (χ0v) is 14.1. The number of rotatable bonds is 6. The Labute approximate surface area is 144 Å². The van der Waals surface area contributed by atoms with Crippen LogP contribution < -0.4 is 10.2 Å². The lowest BCUT2D eigenvalue weighted by atomic mass is 10.1. The molecule has 2 aromatic rings. The molecular formula is C17H19N3O3S. The fourth-order valence-corrected chi connectivity index (χ4v) is 3.60. The number of anilines is 1. The van der Waals surface area contributed by atoms with E-state index in [1.807, 2.05) is 22.4 Å². The number of nitrogens with zero attached hydrogens (tertiary/aromatic N) is 2. The van der Waals surface area contributed by atoms with Gasteiger partial charge in [0.05, 0.1) is 4.92 Å². The van der Waals surface area contributed by atoms with Crippen molar-refractivity contribution in [3.05, 3.63) is 56.3 Å². The Kier molecular flexibility index (Phi) is 5.10. The van der Waals surface area contributed by atoms with Gasteiger partial charge in [0.25, 0.3) is 11.6 Å². The second kappa shape index (κ2) is 7.44. The molecule has 2 heterocycles. The molecule has 0 radical (unpaired) electrons. The highest BCUT2D eigenvalue weighted by Crippen LogP contribution is 2.31. The Morgan fingerprint density at radius 2 is 2.08 bits per heavy atom. The van der Waals surface area contributed by atoms with Crippen molar-refractivity contribution in [1.29, 1.82) is 0 Å². The summed E-state index contributed by atoms with van der Waals surface area (Å²) in [6, 6.07) is 8.74. The van der Waals surface area contributed by atoms with Crippen molar-refractivity contribution in [1.82, 2.24) is 5.32 Å². The van der Waals surface area contributed by atoms with E-state index in [-0.39, 0.29) is 11.6 Å². The molecule has 1 saturated heterocycles. The summed E-state index contributed by atoms with van der Waals surface area (Å²) in [5.74, 6) is -0.275. The van der Waals surface area contributed by atoms with Gasteiger partial charge in [-0.3, -0.25) is 14.9 Å². The molecule has 0 atom stereocenters. The maximum absolute atomic E-state index is 12.2. The molecule has 0 bridgehead atoms. The molecule has 7 heteroatoms. The third kappa shape index (κ3) is 3.73. The van der Waals surface area contributed by atoms with E-state index >= 15 is 0 Å². The number of carbonyl (C=O) groups is 1. The average molecular weight is 345 g/mol. The molecule has 1 fully saturated rings. The number of thiophene rings is 1. The standard InChI is InChI=1S/C17H19N3O3S/c21-17(18-8-7-14-4-3-11-24-14)13-5-6-15(16(12-13)20(22)23)19-9-1-2-10-19/h3-6,11-12H,1-2,7-10H2,(H,18,21). The van der Waals surface area contributed by atoms with Gasteiger partial charge in [-0.1, -0.05) is 6.07 Å². The molecule has 0 saturated carbocycles. The number of carbonyl (C=O) groups excluding carboxylic acids is 1. The molecule has 1 amide bonds. The topological polar surface area (TPSA) is 75.5 Å². The van der Waals surface area contributed by atoms with Gasteiger partial charge < -0.3 is 10.2 Å². The van der Waals surface area contributed by atoms with Crippen molar-refractivity contribution >= 4 is 28.6 Å². The smallest absolute Gasteiger partial charge is 0.293 e. The highest BCUT2D eigenvalue weighted by molar-refractivity contribution is 7.09. The van der Waals surface area contributed by atoms with E-state index in [0.29, 0.717) is 17.8 Å². The number of hydrogen-bond donors (Lipinski definition) is 1. The van der Waals surface area contributed by atoms with Crippen molar-refractivity contribution in [3.63, 3.8) is 0 Å². The quantitative estimate of drug-likeness (QED) is 0.644. The fraction of sp³-hybridized carbons (Fsp3) is 0.353. The molecule has 3 rings (SSSR count). The number of nitro groups is 1. The molecule has 0 spiro atoms. The summed E-state index contributed by atoms with van der Waals surface area (Å²) < 4.78 is 0. The number of amides is 1. The summed E-state index contributed by atoms with van der Waals surface area (Å²) in [5, 5.41) is 16.2. The number of benzene rings is 1. The minimum atomic E-state index is -0.407. The van der Waals surface area contributed by atoms with Gasteiger partial charge >= 0.3 is 0 Å². The van der Waals surface area contributed by atoms with E-state index in [1.165, 1.54) is 10.9 Å². The number of nitro benzene ring substituents is 1. The summed E-state index contributed by atoms with van der Waals surface area (Å²) in [6.07, 6.45) is 2.85. The van der Waals surface area contributed by atoms with Crippen LogP contribution in [0.5, 0.6) is 0 Å². The molecule has 0 aliphatic carbocycles. The molecule has 1 aliphatic heterocycles. The minimum absolute atomic E-state index is 0.00260. The summed E-state index contributed by atoms with van der Waals surface area (Å²) in [4.78, 5) is 26.4. The minimum Gasteiger partial charge on any atom is -0.366 e. The van der Waals surface area contributed by atoms with Crippen molar-refractivity contribution in [2.24, 2.45) is 0 Å². The molecular weight excluding hydrogens is 326 g/mol. The summed E-state index contributed by atoms with van der Waals surface area (Å²) in [6.45, 7) is 2.17.